The van der Waals surface area contributed by atoms with E-state index in [1.165, 1.54) is 10.6 Å². The highest BCUT2D eigenvalue weighted by Gasteiger charge is 2.30. The standard InChI is InChI=1S/C15H27N5O3S/c1-3-5-7-10-18(4-2)15(21)20-13-16-14(17-20)24(22,23)19-11-8-6-9-12-19/h13H,3-12H2,1-2H3. The minimum absolute atomic E-state index is 0.289. The van der Waals surface area contributed by atoms with Gasteiger partial charge in [-0.3, -0.25) is 0 Å². The van der Waals surface area contributed by atoms with Crippen molar-refractivity contribution in [2.75, 3.05) is 26.2 Å². The third-order valence-corrected chi connectivity index (χ3v) is 5.93. The maximum absolute atomic E-state index is 12.5. The van der Waals surface area contributed by atoms with Gasteiger partial charge in [-0.1, -0.05) is 26.2 Å². The third kappa shape index (κ3) is 4.32. The van der Waals surface area contributed by atoms with Crippen LogP contribution in [0.15, 0.2) is 11.5 Å². The molecule has 1 aromatic rings. The topological polar surface area (TPSA) is 88.4 Å². The van der Waals surface area contributed by atoms with Crippen LogP contribution in [-0.4, -0.2) is 64.6 Å². The summed E-state index contributed by atoms with van der Waals surface area (Å²) in [5, 5.41) is 3.65. The molecule has 1 fully saturated rings. The van der Waals surface area contributed by atoms with E-state index in [1.54, 1.807) is 4.90 Å². The molecule has 0 spiro atoms. The second kappa shape index (κ2) is 8.57. The first-order valence-corrected chi connectivity index (χ1v) is 10.2. The maximum Gasteiger partial charge on any atom is 0.346 e. The Hall–Kier alpha value is -1.48. The molecule has 0 saturated carbocycles. The minimum Gasteiger partial charge on any atom is -0.323 e. The van der Waals surface area contributed by atoms with E-state index in [4.69, 9.17) is 0 Å². The number of carbonyl (C=O) groups excluding carboxylic acids is 1. The summed E-state index contributed by atoms with van der Waals surface area (Å²) in [7, 11) is -3.71. The largest absolute Gasteiger partial charge is 0.346 e. The van der Waals surface area contributed by atoms with Crippen molar-refractivity contribution in [1.82, 2.24) is 24.0 Å². The van der Waals surface area contributed by atoms with Crippen LogP contribution in [0.5, 0.6) is 0 Å². The lowest BCUT2D eigenvalue weighted by molar-refractivity contribution is 0.197. The lowest BCUT2D eigenvalue weighted by Crippen LogP contribution is -2.37. The summed E-state index contributed by atoms with van der Waals surface area (Å²) in [6, 6.07) is -0.332. The summed E-state index contributed by atoms with van der Waals surface area (Å²) in [4.78, 5) is 18.0. The molecule has 0 N–H and O–H groups in total. The Bertz CT molecular complexity index is 637. The van der Waals surface area contributed by atoms with Crippen molar-refractivity contribution >= 4 is 16.1 Å². The molecule has 1 amide bonds. The van der Waals surface area contributed by atoms with E-state index in [1.807, 2.05) is 6.92 Å². The minimum atomic E-state index is -3.71. The van der Waals surface area contributed by atoms with Crippen molar-refractivity contribution < 1.29 is 13.2 Å². The maximum atomic E-state index is 12.5. The number of nitrogens with zero attached hydrogens (tertiary/aromatic N) is 5. The van der Waals surface area contributed by atoms with Crippen LogP contribution >= 0.6 is 0 Å². The second-order valence-corrected chi connectivity index (χ2v) is 7.84. The smallest absolute Gasteiger partial charge is 0.323 e. The second-order valence-electron chi connectivity index (χ2n) is 6.01. The molecule has 1 aliphatic rings. The fraction of sp³-hybridized carbons (Fsp3) is 0.800. The molecule has 1 aliphatic heterocycles. The molecule has 2 rings (SSSR count). The molecule has 9 heteroatoms. The molecular weight excluding hydrogens is 330 g/mol. The number of piperidine rings is 1. The van der Waals surface area contributed by atoms with E-state index in [2.05, 4.69) is 17.0 Å². The van der Waals surface area contributed by atoms with Gasteiger partial charge in [-0.15, -0.1) is 5.10 Å². The van der Waals surface area contributed by atoms with Crippen LogP contribution in [0.3, 0.4) is 0 Å². The van der Waals surface area contributed by atoms with Gasteiger partial charge >= 0.3 is 6.03 Å². The van der Waals surface area contributed by atoms with Gasteiger partial charge in [0.15, 0.2) is 0 Å². The number of unbranched alkanes of at least 4 members (excludes halogenated alkanes) is 2. The van der Waals surface area contributed by atoms with E-state index in [0.29, 0.717) is 26.2 Å². The summed E-state index contributed by atoms with van der Waals surface area (Å²) in [5.41, 5.74) is 0. The molecular formula is C15H27N5O3S. The fourth-order valence-electron chi connectivity index (χ4n) is 2.77. The summed E-state index contributed by atoms with van der Waals surface area (Å²) < 4.78 is 27.5. The van der Waals surface area contributed by atoms with Crippen molar-refractivity contribution in [1.29, 1.82) is 0 Å². The van der Waals surface area contributed by atoms with Crippen LogP contribution in [0.2, 0.25) is 0 Å². The van der Waals surface area contributed by atoms with Gasteiger partial charge in [-0.2, -0.15) is 8.99 Å². The Morgan fingerprint density at radius 1 is 1.21 bits per heavy atom. The van der Waals surface area contributed by atoms with E-state index in [-0.39, 0.29) is 11.2 Å². The monoisotopic (exact) mass is 357 g/mol. The molecule has 0 unspecified atom stereocenters. The highest BCUT2D eigenvalue weighted by Crippen LogP contribution is 2.17. The number of amides is 1. The number of rotatable bonds is 7. The van der Waals surface area contributed by atoms with Crippen molar-refractivity contribution in [3.05, 3.63) is 6.33 Å². The van der Waals surface area contributed by atoms with Crippen LogP contribution < -0.4 is 0 Å². The molecule has 1 saturated heterocycles. The van der Waals surface area contributed by atoms with Crippen LogP contribution in [0.25, 0.3) is 0 Å². The lowest BCUT2D eigenvalue weighted by atomic mass is 10.2. The van der Waals surface area contributed by atoms with E-state index < -0.39 is 10.0 Å². The van der Waals surface area contributed by atoms with E-state index >= 15 is 0 Å². The summed E-state index contributed by atoms with van der Waals surface area (Å²) in [6.07, 6.45) is 6.98. The normalized spacial score (nSPS) is 16.2. The quantitative estimate of drug-likeness (QED) is 0.696. The van der Waals surface area contributed by atoms with Crippen LogP contribution in [-0.2, 0) is 10.0 Å². The van der Waals surface area contributed by atoms with Gasteiger partial charge in [-0.05, 0) is 26.2 Å². The van der Waals surface area contributed by atoms with Crippen LogP contribution in [0.1, 0.15) is 52.4 Å². The highest BCUT2D eigenvalue weighted by atomic mass is 32.2. The summed E-state index contributed by atoms with van der Waals surface area (Å²) in [6.45, 7) is 6.17. The average molecular weight is 357 g/mol. The molecule has 0 aliphatic carbocycles. The van der Waals surface area contributed by atoms with E-state index in [9.17, 15) is 13.2 Å². The SMILES string of the molecule is CCCCCN(CC)C(=O)n1cnc(S(=O)(=O)N2CCCCC2)n1. The molecule has 0 radical (unpaired) electrons. The van der Waals surface area contributed by atoms with Gasteiger partial charge < -0.3 is 4.90 Å². The van der Waals surface area contributed by atoms with Gasteiger partial charge in [0.1, 0.15) is 6.33 Å². The molecule has 8 nitrogen and oxygen atoms in total. The summed E-state index contributed by atoms with van der Waals surface area (Å²) in [5.74, 6) is 0. The Morgan fingerprint density at radius 2 is 1.92 bits per heavy atom. The Balaban J connectivity index is 2.09. The van der Waals surface area contributed by atoms with E-state index in [0.717, 1.165) is 43.2 Å². The average Bonchev–Trinajstić information content (AvgIpc) is 3.10. The molecule has 24 heavy (non-hydrogen) atoms. The number of sulfonamides is 1. The number of aromatic nitrogens is 3. The van der Waals surface area contributed by atoms with Crippen molar-refractivity contribution in [2.45, 2.75) is 57.5 Å². The van der Waals surface area contributed by atoms with Crippen molar-refractivity contribution in [3.8, 4) is 0 Å². The first-order valence-electron chi connectivity index (χ1n) is 8.71. The molecule has 1 aromatic heterocycles. The molecule has 0 bridgehead atoms. The van der Waals surface area contributed by atoms with Gasteiger partial charge in [-0.25, -0.2) is 18.2 Å². The number of carbonyl (C=O) groups is 1. The van der Waals surface area contributed by atoms with Gasteiger partial charge in [0.25, 0.3) is 15.2 Å². The third-order valence-electron chi connectivity index (χ3n) is 4.24. The molecule has 0 aromatic carbocycles. The van der Waals surface area contributed by atoms with Crippen molar-refractivity contribution in [2.24, 2.45) is 0 Å². The van der Waals surface area contributed by atoms with Crippen LogP contribution in [0.4, 0.5) is 4.79 Å². The molecule has 2 heterocycles. The lowest BCUT2D eigenvalue weighted by Gasteiger charge is -2.24. The first-order chi connectivity index (χ1) is 11.5. The molecule has 136 valence electrons. The predicted octanol–water partition coefficient (Wildman–Crippen LogP) is 1.93. The Labute approximate surface area is 143 Å². The highest BCUT2D eigenvalue weighted by molar-refractivity contribution is 7.88. The predicted molar refractivity (Wildman–Crippen MR) is 90.2 cm³/mol. The van der Waals surface area contributed by atoms with Crippen LogP contribution in [0, 0.1) is 0 Å². The van der Waals surface area contributed by atoms with Gasteiger partial charge in [0.2, 0.25) is 0 Å². The number of hydrogen-bond acceptors (Lipinski definition) is 5. The fourth-order valence-corrected chi connectivity index (χ4v) is 4.11. The zero-order valence-electron chi connectivity index (χ0n) is 14.5. The van der Waals surface area contributed by atoms with Gasteiger partial charge in [0, 0.05) is 26.2 Å². The van der Waals surface area contributed by atoms with Gasteiger partial charge in [0.05, 0.1) is 0 Å². The number of hydrogen-bond donors (Lipinski definition) is 0. The zero-order valence-corrected chi connectivity index (χ0v) is 15.3. The molecule has 0 atom stereocenters. The Morgan fingerprint density at radius 3 is 2.54 bits per heavy atom. The zero-order chi connectivity index (χ0) is 17.6. The van der Waals surface area contributed by atoms with Crippen molar-refractivity contribution in [3.63, 3.8) is 0 Å². The first kappa shape index (κ1) is 18.9. The Kier molecular flexibility index (Phi) is 6.73. The summed E-state index contributed by atoms with van der Waals surface area (Å²) >= 11 is 0.